The number of carbonyl (C=O) groups is 2. The van der Waals surface area contributed by atoms with Crippen molar-refractivity contribution in [1.29, 1.82) is 0 Å². The van der Waals surface area contributed by atoms with Gasteiger partial charge in [-0.25, -0.2) is 4.79 Å². The second kappa shape index (κ2) is 6.16. The quantitative estimate of drug-likeness (QED) is 0.858. The molecule has 134 valence electrons. The van der Waals surface area contributed by atoms with E-state index in [1.54, 1.807) is 4.90 Å². The first-order valence-corrected chi connectivity index (χ1v) is 8.95. The highest BCUT2D eigenvalue weighted by molar-refractivity contribution is 5.93. The van der Waals surface area contributed by atoms with Crippen LogP contribution in [0.25, 0.3) is 0 Å². The summed E-state index contributed by atoms with van der Waals surface area (Å²) in [4.78, 5) is 29.0. The fourth-order valence-electron chi connectivity index (χ4n) is 4.06. The zero-order valence-electron chi connectivity index (χ0n) is 15.1. The Morgan fingerprint density at radius 3 is 2.54 bits per heavy atom. The third-order valence-corrected chi connectivity index (χ3v) is 5.34. The Kier molecular flexibility index (Phi) is 3.94. The molecule has 2 aromatic rings. The van der Waals surface area contributed by atoms with Crippen molar-refractivity contribution in [2.45, 2.75) is 25.3 Å². The molecule has 26 heavy (non-hydrogen) atoms. The second-order valence-corrected chi connectivity index (χ2v) is 7.69. The number of hydrogen-bond donors (Lipinski definition) is 1. The molecule has 0 spiro atoms. The summed E-state index contributed by atoms with van der Waals surface area (Å²) in [5.74, 6) is 0.00652. The molecule has 3 amide bonds. The lowest BCUT2D eigenvalue weighted by molar-refractivity contribution is -0.140. The van der Waals surface area contributed by atoms with Crippen LogP contribution in [-0.2, 0) is 10.2 Å². The Morgan fingerprint density at radius 2 is 1.77 bits per heavy atom. The number of nitrogens with one attached hydrogen (secondary N) is 1. The van der Waals surface area contributed by atoms with Gasteiger partial charge in [-0.2, -0.15) is 0 Å². The van der Waals surface area contributed by atoms with Crippen molar-refractivity contribution in [2.75, 3.05) is 25.0 Å². The van der Waals surface area contributed by atoms with Crippen molar-refractivity contribution in [3.63, 3.8) is 0 Å². The molecule has 0 bridgehead atoms. The van der Waals surface area contributed by atoms with Crippen LogP contribution < -0.4 is 5.32 Å². The smallest absolute Gasteiger partial charge is 0.322 e. The number of benzene rings is 2. The summed E-state index contributed by atoms with van der Waals surface area (Å²) in [5, 5.41) is 2.88. The van der Waals surface area contributed by atoms with Crippen LogP contribution in [0.3, 0.4) is 0 Å². The maximum Gasteiger partial charge on any atom is 0.322 e. The predicted octanol–water partition coefficient (Wildman–Crippen LogP) is 3.40. The summed E-state index contributed by atoms with van der Waals surface area (Å²) < 4.78 is 0. The van der Waals surface area contributed by atoms with Gasteiger partial charge in [0.15, 0.2) is 0 Å². The molecule has 0 saturated carbocycles. The Morgan fingerprint density at radius 1 is 1.08 bits per heavy atom. The van der Waals surface area contributed by atoms with E-state index in [9.17, 15) is 9.59 Å². The minimum atomic E-state index is -0.230. The van der Waals surface area contributed by atoms with Crippen LogP contribution in [0.4, 0.5) is 10.5 Å². The fourth-order valence-corrected chi connectivity index (χ4v) is 4.06. The summed E-state index contributed by atoms with van der Waals surface area (Å²) in [6.07, 6.45) is 0. The summed E-state index contributed by atoms with van der Waals surface area (Å²) in [6, 6.07) is 17.3. The van der Waals surface area contributed by atoms with Crippen molar-refractivity contribution in [1.82, 2.24) is 9.80 Å². The first-order chi connectivity index (χ1) is 12.5. The molecule has 2 aliphatic rings. The highest BCUT2D eigenvalue weighted by Crippen LogP contribution is 2.41. The molecular weight excluding hydrogens is 326 g/mol. The lowest BCUT2D eigenvalue weighted by Crippen LogP contribution is -2.59. The zero-order valence-corrected chi connectivity index (χ0v) is 15.1. The summed E-state index contributed by atoms with van der Waals surface area (Å²) in [7, 11) is 0. The van der Waals surface area contributed by atoms with Crippen LogP contribution >= 0.6 is 0 Å². The minimum absolute atomic E-state index is 0.00652. The van der Waals surface area contributed by atoms with E-state index < -0.39 is 0 Å². The van der Waals surface area contributed by atoms with Crippen LogP contribution in [0.5, 0.6) is 0 Å². The molecule has 2 aromatic carbocycles. The van der Waals surface area contributed by atoms with E-state index in [2.05, 4.69) is 31.3 Å². The van der Waals surface area contributed by atoms with Gasteiger partial charge in [-0.15, -0.1) is 0 Å². The number of hydrogen-bond acceptors (Lipinski definition) is 2. The van der Waals surface area contributed by atoms with Gasteiger partial charge in [-0.3, -0.25) is 4.79 Å². The summed E-state index contributed by atoms with van der Waals surface area (Å²) >= 11 is 0. The molecule has 1 atom stereocenters. The van der Waals surface area contributed by atoms with Crippen LogP contribution in [0, 0.1) is 0 Å². The molecule has 0 aromatic heterocycles. The number of para-hydroxylation sites is 1. The monoisotopic (exact) mass is 349 g/mol. The summed E-state index contributed by atoms with van der Waals surface area (Å²) in [5.41, 5.74) is 3.06. The van der Waals surface area contributed by atoms with Crippen molar-refractivity contribution in [3.8, 4) is 0 Å². The highest BCUT2D eigenvalue weighted by Gasteiger charge is 2.44. The predicted molar refractivity (Wildman–Crippen MR) is 101 cm³/mol. The zero-order chi connectivity index (χ0) is 18.3. The minimum Gasteiger partial charge on any atom is -0.331 e. The average molecular weight is 349 g/mol. The van der Waals surface area contributed by atoms with Gasteiger partial charge in [0, 0.05) is 24.2 Å². The van der Waals surface area contributed by atoms with E-state index in [0.29, 0.717) is 13.1 Å². The van der Waals surface area contributed by atoms with Gasteiger partial charge < -0.3 is 15.1 Å². The van der Waals surface area contributed by atoms with Crippen LogP contribution in [0.2, 0.25) is 0 Å². The number of rotatable bonds is 1. The molecule has 1 N–H and O–H groups in total. The van der Waals surface area contributed by atoms with Crippen molar-refractivity contribution < 1.29 is 9.59 Å². The Hall–Kier alpha value is -2.82. The van der Waals surface area contributed by atoms with Crippen molar-refractivity contribution in [3.05, 3.63) is 65.7 Å². The number of piperazine rings is 1. The van der Waals surface area contributed by atoms with Crippen molar-refractivity contribution >= 4 is 17.6 Å². The Labute approximate surface area is 153 Å². The molecule has 5 nitrogen and oxygen atoms in total. The Balaban J connectivity index is 1.61. The first kappa shape index (κ1) is 16.6. The van der Waals surface area contributed by atoms with Crippen LogP contribution in [0.15, 0.2) is 54.6 Å². The van der Waals surface area contributed by atoms with Crippen LogP contribution in [0.1, 0.15) is 31.0 Å². The van der Waals surface area contributed by atoms with E-state index in [0.717, 1.165) is 11.3 Å². The van der Waals surface area contributed by atoms with E-state index in [4.69, 9.17) is 0 Å². The number of carbonyl (C=O) groups excluding carboxylic acids is 2. The molecule has 1 unspecified atom stereocenters. The molecule has 1 fully saturated rings. The number of amides is 3. The normalized spacial score (nSPS) is 21.0. The topological polar surface area (TPSA) is 52.7 Å². The SMILES string of the molecule is CC1(C)CN2C(=O)CN(C(=O)Nc3ccccc3)CC2c2ccccc21. The summed E-state index contributed by atoms with van der Waals surface area (Å²) in [6.45, 7) is 5.65. The first-order valence-electron chi connectivity index (χ1n) is 8.95. The van der Waals surface area contributed by atoms with Gasteiger partial charge in [0.1, 0.15) is 6.54 Å². The second-order valence-electron chi connectivity index (χ2n) is 7.69. The number of anilines is 1. The molecule has 2 heterocycles. The van der Waals surface area contributed by atoms with Crippen molar-refractivity contribution in [2.24, 2.45) is 0 Å². The fraction of sp³-hybridized carbons (Fsp3) is 0.333. The molecule has 2 aliphatic heterocycles. The van der Waals surface area contributed by atoms with Gasteiger partial charge in [-0.05, 0) is 23.3 Å². The van der Waals surface area contributed by atoms with E-state index in [1.165, 1.54) is 5.56 Å². The van der Waals surface area contributed by atoms with E-state index in [-0.39, 0.29) is 29.9 Å². The number of nitrogens with zero attached hydrogens (tertiary/aromatic N) is 2. The molecule has 0 aliphatic carbocycles. The molecule has 0 radical (unpaired) electrons. The lowest BCUT2D eigenvalue weighted by Gasteiger charge is -2.49. The standard InChI is InChI=1S/C21H23N3O2/c1-21(2)14-24-18(16-10-6-7-11-17(16)21)12-23(13-19(24)25)20(26)22-15-8-4-3-5-9-15/h3-11,18H,12-14H2,1-2H3,(H,22,26). The van der Waals surface area contributed by atoms with E-state index in [1.807, 2.05) is 47.4 Å². The third-order valence-electron chi connectivity index (χ3n) is 5.34. The van der Waals surface area contributed by atoms with Gasteiger partial charge >= 0.3 is 6.03 Å². The van der Waals surface area contributed by atoms with Gasteiger partial charge in [0.25, 0.3) is 0 Å². The maximum atomic E-state index is 12.8. The molecule has 5 heteroatoms. The third kappa shape index (κ3) is 2.83. The molecular formula is C21H23N3O2. The Bertz CT molecular complexity index is 847. The number of fused-ring (bicyclic) bond motifs is 3. The van der Waals surface area contributed by atoms with Gasteiger partial charge in [0.05, 0.1) is 6.04 Å². The van der Waals surface area contributed by atoms with Gasteiger partial charge in [-0.1, -0.05) is 56.3 Å². The lowest BCUT2D eigenvalue weighted by atomic mass is 9.75. The molecule has 4 rings (SSSR count). The van der Waals surface area contributed by atoms with Gasteiger partial charge in [0.2, 0.25) is 5.91 Å². The maximum absolute atomic E-state index is 12.8. The van der Waals surface area contributed by atoms with E-state index >= 15 is 0 Å². The highest BCUT2D eigenvalue weighted by atomic mass is 16.2. The average Bonchev–Trinajstić information content (AvgIpc) is 2.63. The van der Waals surface area contributed by atoms with Crippen LogP contribution in [-0.4, -0.2) is 41.4 Å². The molecule has 1 saturated heterocycles. The number of urea groups is 1. The largest absolute Gasteiger partial charge is 0.331 e.